The second-order valence-corrected chi connectivity index (χ2v) is 4.16. The number of nitrogens with zero attached hydrogens (tertiary/aromatic N) is 1. The third-order valence-electron chi connectivity index (χ3n) is 2.26. The van der Waals surface area contributed by atoms with Crippen molar-refractivity contribution >= 4 is 5.91 Å². The molecule has 0 aromatic heterocycles. The highest BCUT2D eigenvalue weighted by molar-refractivity contribution is 5.77. The smallest absolute Gasteiger partial charge is 0.372 e. The highest BCUT2D eigenvalue weighted by Crippen LogP contribution is 2.15. The molecule has 1 aliphatic heterocycles. The molecule has 1 aliphatic rings. The molecule has 1 fully saturated rings. The molecule has 17 heavy (non-hydrogen) atoms. The normalized spacial score (nSPS) is 26.1. The van der Waals surface area contributed by atoms with Crippen molar-refractivity contribution in [1.29, 1.82) is 0 Å². The van der Waals surface area contributed by atoms with Gasteiger partial charge in [-0.3, -0.25) is 4.79 Å². The van der Waals surface area contributed by atoms with Crippen molar-refractivity contribution in [2.45, 2.75) is 32.2 Å². The molecule has 0 aromatic rings. The number of hydrogen-bond acceptors (Lipinski definition) is 3. The maximum atomic E-state index is 11.8. The third-order valence-corrected chi connectivity index (χ3v) is 2.26. The van der Waals surface area contributed by atoms with E-state index in [0.717, 1.165) is 0 Å². The van der Waals surface area contributed by atoms with Gasteiger partial charge in [0.05, 0.1) is 12.2 Å². The molecule has 0 bridgehead atoms. The Labute approximate surface area is 97.7 Å². The van der Waals surface area contributed by atoms with E-state index in [1.165, 1.54) is 4.90 Å². The fourth-order valence-corrected chi connectivity index (χ4v) is 1.73. The van der Waals surface area contributed by atoms with E-state index in [0.29, 0.717) is 13.1 Å². The van der Waals surface area contributed by atoms with E-state index < -0.39 is 25.3 Å². The molecule has 0 radical (unpaired) electrons. The minimum absolute atomic E-state index is 0.106. The van der Waals surface area contributed by atoms with Crippen LogP contribution in [0.15, 0.2) is 0 Å². The van der Waals surface area contributed by atoms with Gasteiger partial charge in [-0.25, -0.2) is 0 Å². The van der Waals surface area contributed by atoms with E-state index in [-0.39, 0.29) is 12.2 Å². The number of amides is 1. The molecular weight excluding hydrogens is 239 g/mol. The summed E-state index contributed by atoms with van der Waals surface area (Å²) in [7, 11) is 0. The van der Waals surface area contributed by atoms with Crippen LogP contribution >= 0.6 is 0 Å². The number of carbonyl (C=O) groups is 1. The Kier molecular flexibility index (Phi) is 4.76. The van der Waals surface area contributed by atoms with E-state index in [2.05, 4.69) is 4.74 Å². The van der Waals surface area contributed by atoms with Crippen molar-refractivity contribution < 1.29 is 27.4 Å². The molecule has 0 spiro atoms. The minimum Gasteiger partial charge on any atom is -0.372 e. The van der Waals surface area contributed by atoms with Crippen LogP contribution < -0.4 is 0 Å². The van der Waals surface area contributed by atoms with Crippen LogP contribution in [0.5, 0.6) is 0 Å². The van der Waals surface area contributed by atoms with Gasteiger partial charge in [0.1, 0.15) is 13.2 Å². The summed E-state index contributed by atoms with van der Waals surface area (Å²) in [6.07, 6.45) is -4.61. The Balaban J connectivity index is 2.32. The second kappa shape index (κ2) is 5.68. The van der Waals surface area contributed by atoms with Crippen molar-refractivity contribution in [2.24, 2.45) is 0 Å². The lowest BCUT2D eigenvalue weighted by Crippen LogP contribution is -2.49. The summed E-state index contributed by atoms with van der Waals surface area (Å²) in [5.41, 5.74) is 0. The van der Waals surface area contributed by atoms with E-state index in [1.807, 2.05) is 13.8 Å². The monoisotopic (exact) mass is 255 g/mol. The molecule has 7 heteroatoms. The third kappa shape index (κ3) is 5.36. The van der Waals surface area contributed by atoms with Gasteiger partial charge < -0.3 is 14.4 Å². The summed E-state index contributed by atoms with van der Waals surface area (Å²) in [6, 6.07) is 0. The number of halogens is 3. The fourth-order valence-electron chi connectivity index (χ4n) is 1.73. The number of ether oxygens (including phenoxy) is 2. The van der Waals surface area contributed by atoms with Crippen molar-refractivity contribution in [2.75, 3.05) is 26.3 Å². The SMILES string of the molecule is C[C@@H]1CN(C(=O)COCC(F)(F)F)C[C@H](C)O1. The summed E-state index contributed by atoms with van der Waals surface area (Å²) < 4.78 is 45.1. The second-order valence-electron chi connectivity index (χ2n) is 4.16. The van der Waals surface area contributed by atoms with Crippen molar-refractivity contribution in [3.63, 3.8) is 0 Å². The molecular formula is C10H16F3NO3. The number of alkyl halides is 3. The quantitative estimate of drug-likeness (QED) is 0.760. The van der Waals surface area contributed by atoms with Crippen molar-refractivity contribution in [3.05, 3.63) is 0 Å². The van der Waals surface area contributed by atoms with E-state index in [4.69, 9.17) is 4.74 Å². The lowest BCUT2D eigenvalue weighted by atomic mass is 10.2. The molecule has 4 nitrogen and oxygen atoms in total. The zero-order chi connectivity index (χ0) is 13.1. The van der Waals surface area contributed by atoms with Gasteiger partial charge in [0.2, 0.25) is 5.91 Å². The van der Waals surface area contributed by atoms with E-state index in [1.54, 1.807) is 0 Å². The largest absolute Gasteiger partial charge is 0.411 e. The van der Waals surface area contributed by atoms with Crippen LogP contribution in [0.25, 0.3) is 0 Å². The molecule has 1 heterocycles. The van der Waals surface area contributed by atoms with Gasteiger partial charge >= 0.3 is 6.18 Å². The predicted molar refractivity (Wildman–Crippen MR) is 53.5 cm³/mol. The maximum Gasteiger partial charge on any atom is 0.411 e. The first-order chi connectivity index (χ1) is 7.78. The average Bonchev–Trinajstić information content (AvgIpc) is 2.13. The minimum atomic E-state index is -4.40. The molecule has 100 valence electrons. The van der Waals surface area contributed by atoms with Gasteiger partial charge in [0.15, 0.2) is 0 Å². The van der Waals surface area contributed by atoms with Gasteiger partial charge in [-0.2, -0.15) is 13.2 Å². The van der Waals surface area contributed by atoms with Gasteiger partial charge in [-0.1, -0.05) is 0 Å². The standard InChI is InChI=1S/C10H16F3NO3/c1-7-3-14(4-8(2)17-7)9(15)5-16-6-10(11,12)13/h7-8H,3-6H2,1-2H3/t7-,8+. The summed E-state index contributed by atoms with van der Waals surface area (Å²) in [6.45, 7) is 2.46. The summed E-state index contributed by atoms with van der Waals surface area (Å²) in [5, 5.41) is 0. The number of carbonyl (C=O) groups excluding carboxylic acids is 1. The molecule has 2 atom stereocenters. The molecule has 0 aliphatic carbocycles. The number of morpholine rings is 1. The molecule has 1 saturated heterocycles. The Morgan fingerprint density at radius 1 is 1.35 bits per heavy atom. The van der Waals surface area contributed by atoms with Crippen molar-refractivity contribution in [1.82, 2.24) is 4.90 Å². The molecule has 0 N–H and O–H groups in total. The number of rotatable bonds is 3. The lowest BCUT2D eigenvalue weighted by Gasteiger charge is -2.35. The first-order valence-electron chi connectivity index (χ1n) is 5.35. The van der Waals surface area contributed by atoms with Crippen LogP contribution in [0.3, 0.4) is 0 Å². The Morgan fingerprint density at radius 2 is 1.88 bits per heavy atom. The Bertz CT molecular complexity index is 260. The lowest BCUT2D eigenvalue weighted by molar-refractivity contribution is -0.180. The fraction of sp³-hybridized carbons (Fsp3) is 0.900. The Morgan fingerprint density at radius 3 is 2.35 bits per heavy atom. The highest BCUT2D eigenvalue weighted by Gasteiger charge is 2.29. The summed E-state index contributed by atoms with van der Waals surface area (Å²) >= 11 is 0. The van der Waals surface area contributed by atoms with Crippen LogP contribution in [-0.4, -0.2) is 55.5 Å². The molecule has 0 aromatic carbocycles. The van der Waals surface area contributed by atoms with Crippen LogP contribution in [0, 0.1) is 0 Å². The van der Waals surface area contributed by atoms with Crippen LogP contribution in [0.2, 0.25) is 0 Å². The highest BCUT2D eigenvalue weighted by atomic mass is 19.4. The Hall–Kier alpha value is -0.820. The zero-order valence-corrected chi connectivity index (χ0v) is 9.79. The maximum absolute atomic E-state index is 11.8. The van der Waals surface area contributed by atoms with Crippen LogP contribution in [0.4, 0.5) is 13.2 Å². The van der Waals surface area contributed by atoms with Gasteiger partial charge in [0.25, 0.3) is 0 Å². The van der Waals surface area contributed by atoms with Gasteiger partial charge in [-0.15, -0.1) is 0 Å². The average molecular weight is 255 g/mol. The molecule has 1 amide bonds. The molecule has 0 unspecified atom stereocenters. The van der Waals surface area contributed by atoms with E-state index >= 15 is 0 Å². The zero-order valence-electron chi connectivity index (χ0n) is 9.79. The topological polar surface area (TPSA) is 38.8 Å². The van der Waals surface area contributed by atoms with Crippen molar-refractivity contribution in [3.8, 4) is 0 Å². The first kappa shape index (κ1) is 14.2. The molecule has 1 rings (SSSR count). The predicted octanol–water partition coefficient (Wildman–Crippen LogP) is 1.20. The first-order valence-corrected chi connectivity index (χ1v) is 5.35. The van der Waals surface area contributed by atoms with Crippen LogP contribution in [-0.2, 0) is 14.3 Å². The van der Waals surface area contributed by atoms with Gasteiger partial charge in [-0.05, 0) is 13.8 Å². The summed E-state index contributed by atoms with van der Waals surface area (Å²) in [4.78, 5) is 13.0. The van der Waals surface area contributed by atoms with Crippen LogP contribution in [0.1, 0.15) is 13.8 Å². The van der Waals surface area contributed by atoms with E-state index in [9.17, 15) is 18.0 Å². The molecule has 0 saturated carbocycles. The van der Waals surface area contributed by atoms with Gasteiger partial charge in [0, 0.05) is 13.1 Å². The number of hydrogen-bond donors (Lipinski definition) is 0. The summed E-state index contributed by atoms with van der Waals surface area (Å²) in [5.74, 6) is -0.434.